The lowest BCUT2D eigenvalue weighted by Gasteiger charge is -2.15. The van der Waals surface area contributed by atoms with Crippen LogP contribution in [0.2, 0.25) is 5.02 Å². The predicted octanol–water partition coefficient (Wildman–Crippen LogP) is 4.02. The molecule has 0 spiro atoms. The number of aromatic amines is 1. The zero-order valence-corrected chi connectivity index (χ0v) is 15.8. The minimum Gasteiger partial charge on any atom is -0.489 e. The van der Waals surface area contributed by atoms with Crippen molar-refractivity contribution >= 4 is 40.1 Å². The summed E-state index contributed by atoms with van der Waals surface area (Å²) < 4.78 is 16.2. The lowest BCUT2D eigenvalue weighted by molar-refractivity contribution is 0.0596. The van der Waals surface area contributed by atoms with Crippen LogP contribution in [0.1, 0.15) is 27.3 Å². The Morgan fingerprint density at radius 1 is 1.11 bits per heavy atom. The number of halogens is 1. The van der Waals surface area contributed by atoms with Gasteiger partial charge in [-0.15, -0.1) is 0 Å². The number of carbonyl (C=O) groups is 2. The Bertz CT molecular complexity index is 1080. The second kappa shape index (κ2) is 7.44. The fraction of sp³-hybridized carbons (Fsp3) is 0.200. The smallest absolute Gasteiger partial charge is 0.341 e. The van der Waals surface area contributed by atoms with Crippen LogP contribution in [-0.4, -0.2) is 37.2 Å². The molecule has 0 atom stereocenters. The molecule has 2 aromatic carbocycles. The Labute approximate surface area is 165 Å². The van der Waals surface area contributed by atoms with Gasteiger partial charge in [-0.25, -0.2) is 4.79 Å². The fourth-order valence-corrected chi connectivity index (χ4v) is 3.22. The largest absolute Gasteiger partial charge is 0.489 e. The maximum absolute atomic E-state index is 12.8. The van der Waals surface area contributed by atoms with Gasteiger partial charge in [-0.3, -0.25) is 4.79 Å². The summed E-state index contributed by atoms with van der Waals surface area (Å²) in [7, 11) is 1.30. The van der Waals surface area contributed by atoms with E-state index >= 15 is 0 Å². The van der Waals surface area contributed by atoms with Crippen LogP contribution in [0.5, 0.6) is 11.5 Å². The summed E-state index contributed by atoms with van der Waals surface area (Å²) in [4.78, 5) is 27.8. The fourth-order valence-electron chi connectivity index (χ4n) is 3.04. The molecular formula is C20H17ClN2O5. The average Bonchev–Trinajstić information content (AvgIpc) is 2.95. The second-order valence-electron chi connectivity index (χ2n) is 6.23. The van der Waals surface area contributed by atoms with E-state index in [1.54, 1.807) is 30.3 Å². The number of rotatable bonds is 3. The quantitative estimate of drug-likeness (QED) is 0.648. The van der Waals surface area contributed by atoms with Crippen LogP contribution in [0.4, 0.5) is 5.69 Å². The number of hydrogen-bond acceptors (Lipinski definition) is 5. The lowest BCUT2D eigenvalue weighted by atomic mass is 10.1. The summed E-state index contributed by atoms with van der Waals surface area (Å²) in [5, 5.41) is 4.23. The van der Waals surface area contributed by atoms with E-state index in [1.807, 2.05) is 6.07 Å². The molecule has 1 aromatic heterocycles. The number of esters is 1. The molecule has 8 heteroatoms. The Kier molecular flexibility index (Phi) is 4.83. The van der Waals surface area contributed by atoms with Crippen molar-refractivity contribution in [1.29, 1.82) is 0 Å². The standard InChI is InChI=1S/C20H17ClN2O5/c1-26-20(25)13-4-6-15(18-17(13)27-7-2-8-28-18)23-19(24)16-10-11-9-12(21)3-5-14(11)22-16/h3-6,9-10,22H,2,7-8H2,1H3,(H,23,24). The van der Waals surface area contributed by atoms with Gasteiger partial charge in [0, 0.05) is 22.3 Å². The molecule has 0 saturated carbocycles. The van der Waals surface area contributed by atoms with Crippen molar-refractivity contribution in [3.8, 4) is 11.5 Å². The highest BCUT2D eigenvalue weighted by atomic mass is 35.5. The molecule has 144 valence electrons. The summed E-state index contributed by atoms with van der Waals surface area (Å²) >= 11 is 6.00. The van der Waals surface area contributed by atoms with Gasteiger partial charge in [-0.2, -0.15) is 0 Å². The molecule has 1 aliphatic rings. The van der Waals surface area contributed by atoms with E-state index in [9.17, 15) is 9.59 Å². The highest BCUT2D eigenvalue weighted by Crippen LogP contribution is 2.40. The first-order chi connectivity index (χ1) is 13.6. The molecule has 0 saturated heterocycles. The molecule has 4 rings (SSSR count). The van der Waals surface area contributed by atoms with Gasteiger partial charge < -0.3 is 24.5 Å². The summed E-state index contributed by atoms with van der Waals surface area (Å²) in [6, 6.07) is 10.2. The molecule has 0 unspecified atom stereocenters. The van der Waals surface area contributed by atoms with E-state index in [-0.39, 0.29) is 17.2 Å². The molecule has 0 radical (unpaired) electrons. The zero-order valence-electron chi connectivity index (χ0n) is 15.0. The van der Waals surface area contributed by atoms with Crippen molar-refractivity contribution in [3.05, 3.63) is 52.7 Å². The monoisotopic (exact) mass is 400 g/mol. The van der Waals surface area contributed by atoms with Gasteiger partial charge in [0.25, 0.3) is 5.91 Å². The third-order valence-corrected chi connectivity index (χ3v) is 4.61. The number of aromatic nitrogens is 1. The molecule has 1 aliphatic heterocycles. The average molecular weight is 401 g/mol. The summed E-state index contributed by atoms with van der Waals surface area (Å²) in [5.41, 5.74) is 1.83. The van der Waals surface area contributed by atoms with E-state index in [2.05, 4.69) is 10.3 Å². The van der Waals surface area contributed by atoms with Gasteiger partial charge in [0.1, 0.15) is 11.3 Å². The summed E-state index contributed by atoms with van der Waals surface area (Å²) in [6.45, 7) is 0.808. The number of nitrogens with one attached hydrogen (secondary N) is 2. The molecular weight excluding hydrogens is 384 g/mol. The van der Waals surface area contributed by atoms with Crippen molar-refractivity contribution < 1.29 is 23.8 Å². The van der Waals surface area contributed by atoms with E-state index in [0.29, 0.717) is 41.8 Å². The highest BCUT2D eigenvalue weighted by molar-refractivity contribution is 6.31. The van der Waals surface area contributed by atoms with E-state index in [1.165, 1.54) is 7.11 Å². The summed E-state index contributed by atoms with van der Waals surface area (Å²) in [6.07, 6.45) is 0.658. The van der Waals surface area contributed by atoms with Gasteiger partial charge >= 0.3 is 5.97 Å². The van der Waals surface area contributed by atoms with Crippen molar-refractivity contribution in [2.75, 3.05) is 25.6 Å². The Morgan fingerprint density at radius 3 is 2.68 bits per heavy atom. The number of anilines is 1. The highest BCUT2D eigenvalue weighted by Gasteiger charge is 2.24. The topological polar surface area (TPSA) is 89.7 Å². The Balaban J connectivity index is 1.68. The van der Waals surface area contributed by atoms with Crippen molar-refractivity contribution in [1.82, 2.24) is 4.98 Å². The second-order valence-corrected chi connectivity index (χ2v) is 6.67. The number of hydrogen-bond donors (Lipinski definition) is 2. The van der Waals surface area contributed by atoms with Crippen molar-refractivity contribution in [2.24, 2.45) is 0 Å². The number of benzene rings is 2. The predicted molar refractivity (Wildman–Crippen MR) is 105 cm³/mol. The van der Waals surface area contributed by atoms with E-state index in [0.717, 1.165) is 10.9 Å². The SMILES string of the molecule is COC(=O)c1ccc(NC(=O)c2cc3cc(Cl)ccc3[nH]2)c2c1OCCCO2. The van der Waals surface area contributed by atoms with Gasteiger partial charge in [-0.05, 0) is 36.4 Å². The molecule has 2 N–H and O–H groups in total. The maximum Gasteiger partial charge on any atom is 0.341 e. The molecule has 3 aromatic rings. The Hall–Kier alpha value is -3.19. The van der Waals surface area contributed by atoms with Gasteiger partial charge in [0.2, 0.25) is 0 Å². The number of carbonyl (C=O) groups excluding carboxylic acids is 2. The Morgan fingerprint density at radius 2 is 1.89 bits per heavy atom. The summed E-state index contributed by atoms with van der Waals surface area (Å²) in [5.74, 6) is -0.307. The molecule has 1 amide bonds. The minimum absolute atomic E-state index is 0.248. The van der Waals surface area contributed by atoms with Gasteiger partial charge in [-0.1, -0.05) is 11.6 Å². The zero-order chi connectivity index (χ0) is 19.7. The molecule has 7 nitrogen and oxygen atoms in total. The first-order valence-electron chi connectivity index (χ1n) is 8.67. The number of ether oxygens (including phenoxy) is 3. The normalized spacial score (nSPS) is 13.1. The van der Waals surface area contributed by atoms with Crippen LogP contribution in [0, 0.1) is 0 Å². The molecule has 0 bridgehead atoms. The molecule has 28 heavy (non-hydrogen) atoms. The first-order valence-corrected chi connectivity index (χ1v) is 9.05. The first kappa shape index (κ1) is 18.2. The molecule has 2 heterocycles. The number of methoxy groups -OCH3 is 1. The minimum atomic E-state index is -0.535. The van der Waals surface area contributed by atoms with Crippen LogP contribution in [0.15, 0.2) is 36.4 Å². The van der Waals surface area contributed by atoms with E-state index in [4.69, 9.17) is 25.8 Å². The van der Waals surface area contributed by atoms with Gasteiger partial charge in [0.05, 0.1) is 26.0 Å². The van der Waals surface area contributed by atoms with E-state index < -0.39 is 5.97 Å². The number of H-pyrrole nitrogens is 1. The number of amides is 1. The van der Waals surface area contributed by atoms with Crippen molar-refractivity contribution in [2.45, 2.75) is 6.42 Å². The van der Waals surface area contributed by atoms with Crippen LogP contribution in [0.25, 0.3) is 10.9 Å². The molecule has 0 aliphatic carbocycles. The van der Waals surface area contributed by atoms with Crippen molar-refractivity contribution in [3.63, 3.8) is 0 Å². The maximum atomic E-state index is 12.8. The van der Waals surface area contributed by atoms with Crippen LogP contribution < -0.4 is 14.8 Å². The van der Waals surface area contributed by atoms with Crippen LogP contribution in [-0.2, 0) is 4.74 Å². The third-order valence-electron chi connectivity index (χ3n) is 4.37. The number of fused-ring (bicyclic) bond motifs is 2. The van der Waals surface area contributed by atoms with Crippen LogP contribution in [0.3, 0.4) is 0 Å². The third kappa shape index (κ3) is 3.36. The molecule has 0 fully saturated rings. The van der Waals surface area contributed by atoms with Crippen LogP contribution >= 0.6 is 11.6 Å². The van der Waals surface area contributed by atoms with Gasteiger partial charge in [0.15, 0.2) is 11.5 Å². The lowest BCUT2D eigenvalue weighted by Crippen LogP contribution is -2.14.